The highest BCUT2D eigenvalue weighted by molar-refractivity contribution is 5.72. The fourth-order valence-corrected chi connectivity index (χ4v) is 4.13. The lowest BCUT2D eigenvalue weighted by atomic mass is 9.57. The summed E-state index contributed by atoms with van der Waals surface area (Å²) in [6.45, 7) is 13.3. The molecule has 0 aliphatic heterocycles. The van der Waals surface area contributed by atoms with Gasteiger partial charge in [0.15, 0.2) is 0 Å². The fourth-order valence-electron chi connectivity index (χ4n) is 4.13. The zero-order valence-electron chi connectivity index (χ0n) is 14.8. The summed E-state index contributed by atoms with van der Waals surface area (Å²) in [7, 11) is 0. The minimum absolute atomic E-state index is 0.00836. The van der Waals surface area contributed by atoms with Crippen molar-refractivity contribution in [2.24, 2.45) is 23.2 Å². The summed E-state index contributed by atoms with van der Waals surface area (Å²) in [5, 5.41) is 0. The van der Waals surface area contributed by atoms with Gasteiger partial charge in [-0.2, -0.15) is 0 Å². The van der Waals surface area contributed by atoms with Crippen LogP contribution < -0.4 is 0 Å². The minimum atomic E-state index is -0.0851. The first-order chi connectivity index (χ1) is 10.4. The Hall–Kier alpha value is -1.05. The van der Waals surface area contributed by atoms with Gasteiger partial charge in [-0.1, -0.05) is 39.0 Å². The topological polar surface area (TPSA) is 26.3 Å². The zero-order chi connectivity index (χ0) is 16.3. The minimum Gasteiger partial charge on any atom is -0.461 e. The van der Waals surface area contributed by atoms with E-state index >= 15 is 0 Å². The molecule has 124 valence electrons. The Balaban J connectivity index is 1.91. The number of ether oxygens (including phenoxy) is 1. The second-order valence-electron chi connectivity index (χ2n) is 7.74. The van der Waals surface area contributed by atoms with E-state index in [4.69, 9.17) is 4.74 Å². The molecule has 4 unspecified atom stereocenters. The van der Waals surface area contributed by atoms with Gasteiger partial charge in [0.1, 0.15) is 6.61 Å². The van der Waals surface area contributed by atoms with Gasteiger partial charge in [-0.15, -0.1) is 0 Å². The van der Waals surface area contributed by atoms with E-state index in [1.54, 1.807) is 5.57 Å². The molecule has 4 atom stereocenters. The molecule has 2 heteroatoms. The van der Waals surface area contributed by atoms with E-state index in [0.29, 0.717) is 23.9 Å². The molecule has 2 aliphatic rings. The molecule has 2 rings (SSSR count). The van der Waals surface area contributed by atoms with Gasteiger partial charge in [0, 0.05) is 0 Å². The van der Waals surface area contributed by atoms with E-state index in [9.17, 15) is 4.79 Å². The zero-order valence-corrected chi connectivity index (χ0v) is 14.8. The van der Waals surface area contributed by atoms with Crippen LogP contribution in [0.5, 0.6) is 0 Å². The molecule has 1 saturated carbocycles. The highest BCUT2D eigenvalue weighted by atomic mass is 16.5. The van der Waals surface area contributed by atoms with E-state index in [-0.39, 0.29) is 11.9 Å². The number of carbonyl (C=O) groups excluding carboxylic acids is 1. The molecule has 0 bridgehead atoms. The van der Waals surface area contributed by atoms with E-state index in [1.807, 2.05) is 13.8 Å². The van der Waals surface area contributed by atoms with E-state index in [1.165, 1.54) is 32.1 Å². The number of carbonyl (C=O) groups is 1. The first-order valence-corrected chi connectivity index (χ1v) is 8.88. The molecule has 0 amide bonds. The average Bonchev–Trinajstić information content (AvgIpc) is 2.51. The van der Waals surface area contributed by atoms with Crippen LogP contribution in [0, 0.1) is 23.2 Å². The molecule has 0 radical (unpaired) electrons. The number of hydrogen-bond donors (Lipinski definition) is 0. The first-order valence-electron chi connectivity index (χ1n) is 8.88. The SMILES string of the molecule is C=C(COC(=O)C(C)CC)C1CCC2(C)CCC=C(C)C2C1. The Morgan fingerprint density at radius 3 is 2.91 bits per heavy atom. The third-order valence-electron chi connectivity index (χ3n) is 6.15. The molecule has 0 heterocycles. The fraction of sp³-hybridized carbons (Fsp3) is 0.750. The molecular weight excluding hydrogens is 272 g/mol. The number of esters is 1. The van der Waals surface area contributed by atoms with Gasteiger partial charge in [-0.05, 0) is 68.3 Å². The largest absolute Gasteiger partial charge is 0.461 e. The molecule has 0 spiro atoms. The number of allylic oxidation sites excluding steroid dienone is 2. The second kappa shape index (κ2) is 7.02. The van der Waals surface area contributed by atoms with Gasteiger partial charge in [0.05, 0.1) is 5.92 Å². The maximum Gasteiger partial charge on any atom is 0.308 e. The van der Waals surface area contributed by atoms with Gasteiger partial charge in [-0.25, -0.2) is 0 Å². The van der Waals surface area contributed by atoms with Crippen LogP contribution in [-0.2, 0) is 9.53 Å². The first kappa shape index (κ1) is 17.3. The van der Waals surface area contributed by atoms with Crippen molar-refractivity contribution in [1.82, 2.24) is 0 Å². The van der Waals surface area contributed by atoms with E-state index < -0.39 is 0 Å². The van der Waals surface area contributed by atoms with Crippen molar-refractivity contribution in [1.29, 1.82) is 0 Å². The maximum atomic E-state index is 11.8. The third kappa shape index (κ3) is 3.64. The van der Waals surface area contributed by atoms with Crippen LogP contribution in [0.4, 0.5) is 0 Å². The summed E-state index contributed by atoms with van der Waals surface area (Å²) < 4.78 is 5.44. The molecule has 0 aromatic heterocycles. The molecule has 2 nitrogen and oxygen atoms in total. The van der Waals surface area contributed by atoms with Crippen LogP contribution in [-0.4, -0.2) is 12.6 Å². The summed E-state index contributed by atoms with van der Waals surface area (Å²) >= 11 is 0. The predicted octanol–water partition coefficient (Wildman–Crippen LogP) is 5.29. The lowest BCUT2D eigenvalue weighted by molar-refractivity contribution is -0.147. The van der Waals surface area contributed by atoms with Crippen LogP contribution in [0.1, 0.15) is 66.2 Å². The summed E-state index contributed by atoms with van der Waals surface area (Å²) in [6.07, 6.45) is 9.44. The normalized spacial score (nSPS) is 32.6. The number of rotatable bonds is 5. The molecule has 1 fully saturated rings. The summed E-state index contributed by atoms with van der Waals surface area (Å²) in [5.74, 6) is 1.09. The average molecular weight is 304 g/mol. The Kier molecular flexibility index (Phi) is 5.52. The third-order valence-corrected chi connectivity index (χ3v) is 6.15. The van der Waals surface area contributed by atoms with Crippen LogP contribution in [0.25, 0.3) is 0 Å². The summed E-state index contributed by atoms with van der Waals surface area (Å²) in [5.41, 5.74) is 3.14. The molecular formula is C20H32O2. The van der Waals surface area contributed by atoms with Gasteiger partial charge in [-0.3, -0.25) is 4.79 Å². The molecule has 0 saturated heterocycles. The highest BCUT2D eigenvalue weighted by Gasteiger charge is 2.42. The van der Waals surface area contributed by atoms with Crippen molar-refractivity contribution in [2.75, 3.05) is 6.61 Å². The van der Waals surface area contributed by atoms with Crippen molar-refractivity contribution in [3.63, 3.8) is 0 Å². The van der Waals surface area contributed by atoms with Gasteiger partial charge in [0.25, 0.3) is 0 Å². The number of fused-ring (bicyclic) bond motifs is 1. The number of hydrogen-bond acceptors (Lipinski definition) is 2. The Morgan fingerprint density at radius 2 is 2.23 bits per heavy atom. The van der Waals surface area contributed by atoms with E-state index in [2.05, 4.69) is 26.5 Å². The van der Waals surface area contributed by atoms with E-state index in [0.717, 1.165) is 12.0 Å². The van der Waals surface area contributed by atoms with Crippen LogP contribution in [0.2, 0.25) is 0 Å². The molecule has 0 aromatic carbocycles. The van der Waals surface area contributed by atoms with Crippen molar-refractivity contribution in [2.45, 2.75) is 66.2 Å². The van der Waals surface area contributed by atoms with Gasteiger partial charge in [0.2, 0.25) is 0 Å². The smallest absolute Gasteiger partial charge is 0.308 e. The molecule has 22 heavy (non-hydrogen) atoms. The van der Waals surface area contributed by atoms with Crippen molar-refractivity contribution in [3.05, 3.63) is 23.8 Å². The van der Waals surface area contributed by atoms with Crippen molar-refractivity contribution in [3.8, 4) is 0 Å². The molecule has 0 N–H and O–H groups in total. The highest BCUT2D eigenvalue weighted by Crippen LogP contribution is 2.52. The Labute approximate surface area is 136 Å². The molecule has 2 aliphatic carbocycles. The summed E-state index contributed by atoms with van der Waals surface area (Å²) in [4.78, 5) is 11.8. The molecule has 0 aromatic rings. The van der Waals surface area contributed by atoms with Gasteiger partial charge < -0.3 is 4.74 Å². The predicted molar refractivity (Wildman–Crippen MR) is 91.5 cm³/mol. The summed E-state index contributed by atoms with van der Waals surface area (Å²) in [6, 6.07) is 0. The van der Waals surface area contributed by atoms with Crippen LogP contribution >= 0.6 is 0 Å². The van der Waals surface area contributed by atoms with Crippen molar-refractivity contribution >= 4 is 5.97 Å². The van der Waals surface area contributed by atoms with Gasteiger partial charge >= 0.3 is 5.97 Å². The van der Waals surface area contributed by atoms with Crippen LogP contribution in [0.15, 0.2) is 23.8 Å². The quantitative estimate of drug-likeness (QED) is 0.509. The standard InChI is InChI=1S/C20H32O2/c1-6-14(2)19(21)22-13-16(4)17-9-11-20(5)10-7-8-15(3)18(20)12-17/h8,14,17-18H,4,6-7,9-13H2,1-3,5H3. The second-order valence-corrected chi connectivity index (χ2v) is 7.74. The monoisotopic (exact) mass is 304 g/mol. The lowest BCUT2D eigenvalue weighted by Crippen LogP contribution is -2.37. The Morgan fingerprint density at radius 1 is 1.50 bits per heavy atom. The van der Waals surface area contributed by atoms with Crippen molar-refractivity contribution < 1.29 is 9.53 Å². The van der Waals surface area contributed by atoms with Crippen LogP contribution in [0.3, 0.4) is 0 Å². The Bertz CT molecular complexity index is 462. The maximum absolute atomic E-state index is 11.8. The lowest BCUT2D eigenvalue weighted by Gasteiger charge is -2.48.